The van der Waals surface area contributed by atoms with E-state index < -0.39 is 0 Å². The van der Waals surface area contributed by atoms with Crippen LogP contribution in [0, 0.1) is 13.8 Å². The van der Waals surface area contributed by atoms with E-state index in [2.05, 4.69) is 87.7 Å². The predicted molar refractivity (Wildman–Crippen MR) is 129 cm³/mol. The fraction of sp³-hybridized carbons (Fsp3) is 0.296. The molecule has 2 aliphatic heterocycles. The van der Waals surface area contributed by atoms with Gasteiger partial charge in [-0.15, -0.1) is 0 Å². The molecule has 1 aromatic heterocycles. The number of imidazole rings is 1. The van der Waals surface area contributed by atoms with Gasteiger partial charge in [-0.1, -0.05) is 28.1 Å². The predicted octanol–water partition coefficient (Wildman–Crippen LogP) is 2.28. The molecule has 0 atom stereocenters. The van der Waals surface area contributed by atoms with Crippen LogP contribution in [-0.2, 0) is 25.9 Å². The van der Waals surface area contributed by atoms with Crippen molar-refractivity contribution >= 4 is 27.0 Å². The summed E-state index contributed by atoms with van der Waals surface area (Å²) in [4.78, 5) is 0. The lowest BCUT2D eigenvalue weighted by molar-refractivity contribution is -0.663. The maximum Gasteiger partial charge on any atom is 0.245 e. The second-order valence-electron chi connectivity index (χ2n) is 8.94. The number of aromatic nitrogens is 2. The SMILES string of the molecule is Cc1cc2c(cc1C)[n+](Cc1ccc(Br)cc1)cn2Cc1c2c(cc3c1OCC3)OCC2.[Br-]. The molecular weight excluding hydrogens is 544 g/mol. The van der Waals surface area contributed by atoms with E-state index in [4.69, 9.17) is 9.47 Å². The van der Waals surface area contributed by atoms with E-state index in [1.54, 1.807) is 0 Å². The molecule has 0 spiro atoms. The van der Waals surface area contributed by atoms with E-state index in [0.29, 0.717) is 0 Å². The first-order chi connectivity index (χ1) is 15.6. The molecule has 0 N–H and O–H groups in total. The van der Waals surface area contributed by atoms with Gasteiger partial charge in [-0.3, -0.25) is 0 Å². The van der Waals surface area contributed by atoms with Crippen molar-refractivity contribution in [3.8, 4) is 11.5 Å². The van der Waals surface area contributed by atoms with E-state index in [1.807, 2.05) is 0 Å². The van der Waals surface area contributed by atoms with E-state index in [1.165, 1.54) is 44.4 Å². The number of hydrogen-bond donors (Lipinski definition) is 0. The first-order valence-electron chi connectivity index (χ1n) is 11.2. The summed E-state index contributed by atoms with van der Waals surface area (Å²) in [5, 5.41) is 0. The van der Waals surface area contributed by atoms with E-state index in [-0.39, 0.29) is 17.0 Å². The molecule has 4 aromatic rings. The minimum Gasteiger partial charge on any atom is -1.00 e. The smallest absolute Gasteiger partial charge is 0.245 e. The summed E-state index contributed by atoms with van der Waals surface area (Å²) in [6.07, 6.45) is 4.19. The Morgan fingerprint density at radius 2 is 1.73 bits per heavy atom. The van der Waals surface area contributed by atoms with E-state index in [0.717, 1.165) is 55.1 Å². The number of nitrogens with zero attached hydrogens (tertiary/aromatic N) is 2. The average Bonchev–Trinajstić information content (AvgIpc) is 3.50. The molecule has 0 fully saturated rings. The van der Waals surface area contributed by atoms with Gasteiger partial charge in [0.2, 0.25) is 6.33 Å². The summed E-state index contributed by atoms with van der Waals surface area (Å²) in [5.74, 6) is 2.13. The van der Waals surface area contributed by atoms with Crippen molar-refractivity contribution in [1.82, 2.24) is 4.57 Å². The summed E-state index contributed by atoms with van der Waals surface area (Å²) >= 11 is 3.55. The van der Waals surface area contributed by atoms with Gasteiger partial charge in [-0.05, 0) is 60.9 Å². The molecule has 6 rings (SSSR count). The van der Waals surface area contributed by atoms with Crippen LogP contribution in [0.1, 0.15) is 33.4 Å². The number of hydrogen-bond acceptors (Lipinski definition) is 2. The highest BCUT2D eigenvalue weighted by atomic mass is 79.9. The van der Waals surface area contributed by atoms with Crippen LogP contribution in [0.2, 0.25) is 0 Å². The fourth-order valence-corrected chi connectivity index (χ4v) is 5.26. The summed E-state index contributed by atoms with van der Waals surface area (Å²) < 4.78 is 17.9. The molecular formula is C27H26Br2N2O2. The molecule has 0 bridgehead atoms. The van der Waals surface area contributed by atoms with Gasteiger partial charge in [-0.2, -0.15) is 0 Å². The van der Waals surface area contributed by atoms with Gasteiger partial charge in [0, 0.05) is 34.0 Å². The topological polar surface area (TPSA) is 27.3 Å². The minimum atomic E-state index is 0. The molecule has 3 aromatic carbocycles. The van der Waals surface area contributed by atoms with Crippen LogP contribution in [0.3, 0.4) is 0 Å². The van der Waals surface area contributed by atoms with Crippen LogP contribution < -0.4 is 31.0 Å². The monoisotopic (exact) mass is 568 g/mol. The molecule has 0 aliphatic carbocycles. The first-order valence-corrected chi connectivity index (χ1v) is 12.0. The highest BCUT2D eigenvalue weighted by Gasteiger charge is 2.29. The summed E-state index contributed by atoms with van der Waals surface area (Å²) in [5.41, 5.74) is 10.3. The van der Waals surface area contributed by atoms with Crippen LogP contribution in [0.4, 0.5) is 0 Å². The minimum absolute atomic E-state index is 0. The second-order valence-corrected chi connectivity index (χ2v) is 9.86. The Morgan fingerprint density at radius 1 is 0.970 bits per heavy atom. The fourth-order valence-electron chi connectivity index (χ4n) is 5.00. The van der Waals surface area contributed by atoms with Gasteiger partial charge in [-0.25, -0.2) is 9.13 Å². The van der Waals surface area contributed by atoms with E-state index >= 15 is 0 Å². The van der Waals surface area contributed by atoms with Gasteiger partial charge in [0.15, 0.2) is 11.0 Å². The standard InChI is InChI=1S/C27H26BrN2O2.BrH/c1-17-11-24-25(12-18(17)2)30(16-29(24)14-19-3-5-21(28)6-4-19)15-23-22-8-10-31-26(22)13-20-7-9-32-27(20)23;/h3-6,11-13,16H,7-10,14-15H2,1-2H3;1H/q+1;/p-1. The number of halogens is 2. The van der Waals surface area contributed by atoms with Crippen molar-refractivity contribution in [3.63, 3.8) is 0 Å². The van der Waals surface area contributed by atoms with E-state index in [9.17, 15) is 0 Å². The van der Waals surface area contributed by atoms with Gasteiger partial charge >= 0.3 is 0 Å². The Kier molecular flexibility index (Phi) is 6.00. The largest absolute Gasteiger partial charge is 1.00 e. The Morgan fingerprint density at radius 3 is 2.55 bits per heavy atom. The van der Waals surface area contributed by atoms with Crippen LogP contribution in [-0.4, -0.2) is 17.8 Å². The van der Waals surface area contributed by atoms with Crippen LogP contribution in [0.5, 0.6) is 11.5 Å². The van der Waals surface area contributed by atoms with Crippen molar-refractivity contribution in [2.24, 2.45) is 0 Å². The molecule has 2 aliphatic rings. The number of rotatable bonds is 4. The molecule has 0 amide bonds. The highest BCUT2D eigenvalue weighted by Crippen LogP contribution is 2.41. The zero-order valence-electron chi connectivity index (χ0n) is 18.8. The summed E-state index contributed by atoms with van der Waals surface area (Å²) in [6.45, 7) is 7.54. The lowest BCUT2D eigenvalue weighted by atomic mass is 9.99. The van der Waals surface area contributed by atoms with Crippen LogP contribution >= 0.6 is 15.9 Å². The van der Waals surface area contributed by atoms with Gasteiger partial charge in [0.05, 0.1) is 13.2 Å². The van der Waals surface area contributed by atoms with Crippen molar-refractivity contribution in [1.29, 1.82) is 0 Å². The molecule has 0 saturated carbocycles. The molecule has 170 valence electrons. The molecule has 6 heteroatoms. The van der Waals surface area contributed by atoms with Crippen LogP contribution in [0.25, 0.3) is 11.0 Å². The van der Waals surface area contributed by atoms with Gasteiger partial charge in [0.25, 0.3) is 0 Å². The first kappa shape index (κ1) is 22.5. The van der Waals surface area contributed by atoms with Gasteiger partial charge < -0.3 is 26.5 Å². The Hall–Kier alpha value is -2.31. The molecule has 0 saturated heterocycles. The third-order valence-electron chi connectivity index (χ3n) is 6.84. The zero-order chi connectivity index (χ0) is 21.8. The number of aryl methyl sites for hydroxylation is 2. The maximum atomic E-state index is 6.12. The Bertz CT molecular complexity index is 1330. The second kappa shape index (κ2) is 8.80. The quantitative estimate of drug-likeness (QED) is 0.353. The maximum absolute atomic E-state index is 6.12. The number of fused-ring (bicyclic) bond motifs is 3. The van der Waals surface area contributed by atoms with Crippen molar-refractivity contribution in [2.45, 2.75) is 39.8 Å². The lowest BCUT2D eigenvalue weighted by Gasteiger charge is -2.11. The zero-order valence-corrected chi connectivity index (χ0v) is 22.0. The highest BCUT2D eigenvalue weighted by molar-refractivity contribution is 9.10. The van der Waals surface area contributed by atoms with Gasteiger partial charge in [0.1, 0.15) is 24.6 Å². The molecule has 33 heavy (non-hydrogen) atoms. The number of ether oxygens (including phenoxy) is 2. The lowest BCUT2D eigenvalue weighted by Crippen LogP contribution is -3.00. The third kappa shape index (κ3) is 3.97. The molecule has 0 radical (unpaired) electrons. The average molecular weight is 570 g/mol. The van der Waals surface area contributed by atoms with Crippen LogP contribution in [0.15, 0.2) is 53.3 Å². The van der Waals surface area contributed by atoms with Crippen molar-refractivity contribution in [2.75, 3.05) is 13.2 Å². The summed E-state index contributed by atoms with van der Waals surface area (Å²) in [7, 11) is 0. The molecule has 0 unspecified atom stereocenters. The Labute approximate surface area is 213 Å². The third-order valence-corrected chi connectivity index (χ3v) is 7.37. The summed E-state index contributed by atoms with van der Waals surface area (Å²) in [6, 6.07) is 15.4. The van der Waals surface area contributed by atoms with Crippen molar-refractivity contribution in [3.05, 3.63) is 86.6 Å². The molecule has 3 heterocycles. The normalized spacial score (nSPS) is 13.9. The molecule has 4 nitrogen and oxygen atoms in total. The number of benzene rings is 3. The van der Waals surface area contributed by atoms with Crippen molar-refractivity contribution < 1.29 is 31.0 Å². The Balaban J connectivity index is 0.00000228.